The smallest absolute Gasteiger partial charge is 0.416 e. The SMILES string of the molecule is Nc1ccc(OCCOCCOCCOCCOCCOCCOCCOCCOCCOC(=O)c2ccccc2Nc2cccc(C(F)(F)F)c2)cc1. The number of nitrogen functional groups attached to an aromatic ring is 1. The standard InChI is InChI=1S/C38H51F3N2O11/c39-38(40,41)31-4-3-5-33(30-31)43-36-7-2-1-6-35(36)37(44)54-29-27-52-25-23-50-21-19-48-17-15-46-13-12-45-14-16-47-18-20-49-22-24-51-26-28-53-34-10-8-32(42)9-11-34/h1-11,30,43H,12-29,42H2. The van der Waals surface area contributed by atoms with Crippen molar-refractivity contribution in [2.75, 3.05) is 130 Å². The molecule has 0 aliphatic carbocycles. The largest absolute Gasteiger partial charge is 0.491 e. The lowest BCUT2D eigenvalue weighted by molar-refractivity contribution is -0.137. The summed E-state index contributed by atoms with van der Waals surface area (Å²) in [5.74, 6) is 0.124. The van der Waals surface area contributed by atoms with Crippen LogP contribution >= 0.6 is 0 Å². The van der Waals surface area contributed by atoms with Crippen LogP contribution in [0.3, 0.4) is 0 Å². The minimum absolute atomic E-state index is 0.00332. The summed E-state index contributed by atoms with van der Waals surface area (Å²) in [6.45, 7) is 7.10. The van der Waals surface area contributed by atoms with Crippen molar-refractivity contribution in [3.63, 3.8) is 0 Å². The third-order valence-corrected chi connectivity index (χ3v) is 7.06. The highest BCUT2D eigenvalue weighted by atomic mass is 19.4. The molecule has 0 radical (unpaired) electrons. The number of nitrogens with two attached hydrogens (primary N) is 1. The molecule has 16 heteroatoms. The number of carbonyl (C=O) groups is 1. The van der Waals surface area contributed by atoms with Crippen molar-refractivity contribution >= 4 is 23.0 Å². The Hall–Kier alpha value is -4.00. The molecule has 54 heavy (non-hydrogen) atoms. The summed E-state index contributed by atoms with van der Waals surface area (Å²) in [6, 6.07) is 18.3. The summed E-state index contributed by atoms with van der Waals surface area (Å²) in [5, 5.41) is 2.86. The zero-order valence-corrected chi connectivity index (χ0v) is 30.4. The first-order valence-electron chi connectivity index (χ1n) is 17.6. The van der Waals surface area contributed by atoms with Crippen molar-refractivity contribution in [3.05, 3.63) is 83.9 Å². The first kappa shape index (κ1) is 44.4. The number of anilines is 3. The van der Waals surface area contributed by atoms with Gasteiger partial charge in [0, 0.05) is 11.4 Å². The maximum Gasteiger partial charge on any atom is 0.416 e. The number of hydrogen-bond donors (Lipinski definition) is 2. The second-order valence-corrected chi connectivity index (χ2v) is 11.2. The number of rotatable bonds is 31. The van der Waals surface area contributed by atoms with Gasteiger partial charge in [-0.05, 0) is 54.6 Å². The number of halogens is 3. The predicted molar refractivity (Wildman–Crippen MR) is 194 cm³/mol. The summed E-state index contributed by atoms with van der Waals surface area (Å²) < 4.78 is 93.7. The van der Waals surface area contributed by atoms with Gasteiger partial charge in [-0.1, -0.05) is 18.2 Å². The number of carbonyl (C=O) groups excluding carboxylic acids is 1. The Labute approximate surface area is 314 Å². The molecule has 0 unspecified atom stereocenters. The van der Waals surface area contributed by atoms with Gasteiger partial charge in [0.15, 0.2) is 0 Å². The van der Waals surface area contributed by atoms with E-state index in [1.165, 1.54) is 18.2 Å². The van der Waals surface area contributed by atoms with Gasteiger partial charge >= 0.3 is 12.1 Å². The van der Waals surface area contributed by atoms with Gasteiger partial charge in [-0.2, -0.15) is 13.2 Å². The highest BCUT2D eigenvalue weighted by molar-refractivity contribution is 5.96. The molecular formula is C38H51F3N2O11. The van der Waals surface area contributed by atoms with Gasteiger partial charge in [0.2, 0.25) is 0 Å². The number of alkyl halides is 3. The van der Waals surface area contributed by atoms with Crippen LogP contribution in [0.4, 0.5) is 30.2 Å². The maximum absolute atomic E-state index is 13.0. The van der Waals surface area contributed by atoms with Crippen molar-refractivity contribution < 1.29 is 65.3 Å². The van der Waals surface area contributed by atoms with Crippen molar-refractivity contribution in [2.45, 2.75) is 6.18 Å². The second-order valence-electron chi connectivity index (χ2n) is 11.2. The maximum atomic E-state index is 13.0. The Balaban J connectivity index is 1.02. The molecule has 0 aromatic heterocycles. The minimum atomic E-state index is -4.48. The fraction of sp³-hybridized carbons (Fsp3) is 0.500. The van der Waals surface area contributed by atoms with Crippen LogP contribution in [-0.4, -0.2) is 125 Å². The molecule has 0 heterocycles. The monoisotopic (exact) mass is 768 g/mol. The summed E-state index contributed by atoms with van der Waals surface area (Å²) >= 11 is 0. The number of benzene rings is 3. The van der Waals surface area contributed by atoms with Crippen molar-refractivity contribution in [3.8, 4) is 5.75 Å². The van der Waals surface area contributed by atoms with E-state index in [1.807, 2.05) is 12.1 Å². The lowest BCUT2D eigenvalue weighted by atomic mass is 10.1. The predicted octanol–water partition coefficient (Wildman–Crippen LogP) is 5.40. The molecule has 0 spiro atoms. The Morgan fingerprint density at radius 1 is 0.537 bits per heavy atom. The van der Waals surface area contributed by atoms with Crippen LogP contribution in [-0.2, 0) is 48.8 Å². The molecule has 0 aliphatic rings. The quantitative estimate of drug-likeness (QED) is 0.0490. The van der Waals surface area contributed by atoms with E-state index in [0.29, 0.717) is 117 Å². The van der Waals surface area contributed by atoms with Gasteiger partial charge in [0.25, 0.3) is 0 Å². The van der Waals surface area contributed by atoms with Crippen LogP contribution in [0.5, 0.6) is 5.75 Å². The van der Waals surface area contributed by atoms with E-state index in [-0.39, 0.29) is 24.5 Å². The Bertz CT molecular complexity index is 1420. The van der Waals surface area contributed by atoms with E-state index < -0.39 is 17.7 Å². The number of hydrogen-bond acceptors (Lipinski definition) is 13. The van der Waals surface area contributed by atoms with Crippen LogP contribution in [0.1, 0.15) is 15.9 Å². The van der Waals surface area contributed by atoms with Gasteiger partial charge in [-0.3, -0.25) is 0 Å². The summed E-state index contributed by atoms with van der Waals surface area (Å²) in [5.41, 5.74) is 6.24. The fourth-order valence-corrected chi connectivity index (χ4v) is 4.39. The van der Waals surface area contributed by atoms with E-state index in [1.54, 1.807) is 30.3 Å². The normalized spacial score (nSPS) is 11.5. The Morgan fingerprint density at radius 2 is 0.981 bits per heavy atom. The Kier molecular flexibility index (Phi) is 22.7. The number of para-hydroxylation sites is 1. The summed E-state index contributed by atoms with van der Waals surface area (Å²) in [6.07, 6.45) is -4.48. The molecule has 300 valence electrons. The molecule has 0 fully saturated rings. The molecule has 0 amide bonds. The van der Waals surface area contributed by atoms with Crippen LogP contribution in [0.25, 0.3) is 0 Å². The molecule has 0 atom stereocenters. The molecule has 0 aliphatic heterocycles. The highest BCUT2D eigenvalue weighted by Crippen LogP contribution is 2.32. The topological polar surface area (TPSA) is 147 Å². The zero-order valence-electron chi connectivity index (χ0n) is 30.4. The van der Waals surface area contributed by atoms with Gasteiger partial charge in [0.1, 0.15) is 19.0 Å². The third kappa shape index (κ3) is 20.5. The van der Waals surface area contributed by atoms with E-state index in [9.17, 15) is 18.0 Å². The highest BCUT2D eigenvalue weighted by Gasteiger charge is 2.30. The van der Waals surface area contributed by atoms with Crippen LogP contribution < -0.4 is 15.8 Å². The molecule has 0 saturated heterocycles. The average Bonchev–Trinajstić information content (AvgIpc) is 3.16. The molecule has 3 aromatic rings. The second kappa shape index (κ2) is 27.6. The minimum Gasteiger partial charge on any atom is -0.491 e. The van der Waals surface area contributed by atoms with Gasteiger partial charge in [-0.25, -0.2) is 4.79 Å². The molecule has 13 nitrogen and oxygen atoms in total. The number of esters is 1. The lowest BCUT2D eigenvalue weighted by Crippen LogP contribution is -2.16. The fourth-order valence-electron chi connectivity index (χ4n) is 4.39. The van der Waals surface area contributed by atoms with Crippen molar-refractivity contribution in [2.24, 2.45) is 0 Å². The molecule has 0 saturated carbocycles. The first-order chi connectivity index (χ1) is 26.3. The zero-order chi connectivity index (χ0) is 38.5. The van der Waals surface area contributed by atoms with Crippen molar-refractivity contribution in [1.82, 2.24) is 0 Å². The van der Waals surface area contributed by atoms with Crippen molar-refractivity contribution in [1.29, 1.82) is 0 Å². The third-order valence-electron chi connectivity index (χ3n) is 7.06. The molecule has 3 N–H and O–H groups in total. The molecular weight excluding hydrogens is 717 g/mol. The lowest BCUT2D eigenvalue weighted by Gasteiger charge is -2.13. The van der Waals surface area contributed by atoms with Crippen LogP contribution in [0.15, 0.2) is 72.8 Å². The average molecular weight is 769 g/mol. The number of ether oxygens (including phenoxy) is 10. The number of nitrogens with one attached hydrogen (secondary N) is 1. The van der Waals surface area contributed by atoms with E-state index in [4.69, 9.17) is 53.1 Å². The molecule has 0 bridgehead atoms. The summed E-state index contributed by atoms with van der Waals surface area (Å²) in [7, 11) is 0. The van der Waals surface area contributed by atoms with Crippen LogP contribution in [0, 0.1) is 0 Å². The summed E-state index contributed by atoms with van der Waals surface area (Å²) in [4.78, 5) is 12.6. The Morgan fingerprint density at radius 3 is 1.46 bits per heavy atom. The van der Waals surface area contributed by atoms with Gasteiger partial charge < -0.3 is 58.4 Å². The van der Waals surface area contributed by atoms with E-state index >= 15 is 0 Å². The molecule has 3 aromatic carbocycles. The van der Waals surface area contributed by atoms with E-state index in [0.717, 1.165) is 17.9 Å². The van der Waals surface area contributed by atoms with E-state index in [2.05, 4.69) is 5.32 Å². The molecule has 3 rings (SSSR count). The first-order valence-corrected chi connectivity index (χ1v) is 17.6. The van der Waals surface area contributed by atoms with Gasteiger partial charge in [-0.15, -0.1) is 0 Å². The van der Waals surface area contributed by atoms with Gasteiger partial charge in [0.05, 0.1) is 123 Å². The van der Waals surface area contributed by atoms with Crippen LogP contribution in [0.2, 0.25) is 0 Å².